The van der Waals surface area contributed by atoms with E-state index in [-0.39, 0.29) is 0 Å². The summed E-state index contributed by atoms with van der Waals surface area (Å²) in [5, 5.41) is 12.5. The summed E-state index contributed by atoms with van der Waals surface area (Å²) in [7, 11) is -3.48. The Morgan fingerprint density at radius 3 is 2.45 bits per heavy atom. The average Bonchev–Trinajstić information content (AvgIpc) is 2.45. The molecule has 0 radical (unpaired) electrons. The van der Waals surface area contributed by atoms with Crippen LogP contribution in [-0.4, -0.2) is 22.8 Å². The summed E-state index contributed by atoms with van der Waals surface area (Å²) in [6.07, 6.45) is -1.57. The largest absolute Gasteiger partial charge is 0.549 e. The first-order valence-electron chi connectivity index (χ1n) is 6.58. The zero-order valence-corrected chi connectivity index (χ0v) is 12.7. The van der Waals surface area contributed by atoms with Crippen LogP contribution in [0.15, 0.2) is 54.6 Å². The Morgan fingerprint density at radius 1 is 0.955 bits per heavy atom. The van der Waals surface area contributed by atoms with E-state index >= 15 is 0 Å². The van der Waals surface area contributed by atoms with Gasteiger partial charge >= 0.3 is 14.1 Å². The van der Waals surface area contributed by atoms with Gasteiger partial charge in [-0.1, -0.05) is 42.5 Å². The van der Waals surface area contributed by atoms with Crippen molar-refractivity contribution in [3.8, 4) is 5.75 Å². The van der Waals surface area contributed by atoms with Gasteiger partial charge in [-0.2, -0.15) is 14.2 Å². The molecule has 0 aliphatic rings. The van der Waals surface area contributed by atoms with Crippen molar-refractivity contribution in [2.45, 2.75) is 0 Å². The van der Waals surface area contributed by atoms with Gasteiger partial charge in [-0.15, -0.1) is 0 Å². The molecule has 1 unspecified atom stereocenters. The van der Waals surface area contributed by atoms with Gasteiger partial charge in [-0.05, 0) is 28.3 Å². The van der Waals surface area contributed by atoms with Crippen LogP contribution in [-0.2, 0) is 4.52 Å². The molecule has 6 heteroatoms. The molecule has 0 aromatic heterocycles. The molecule has 3 aromatic carbocycles. The third kappa shape index (κ3) is 2.82. The maximum absolute atomic E-state index is 10.6. The van der Waals surface area contributed by atoms with Crippen molar-refractivity contribution in [3.63, 3.8) is 0 Å². The van der Waals surface area contributed by atoms with Crippen LogP contribution in [0.2, 0.25) is 0 Å². The van der Waals surface area contributed by atoms with Gasteiger partial charge in [0.2, 0.25) is 0 Å². The standard InChI is InChI=1S/C16H13O5P/c1-22(19,21-16(17)18)20-15-8-4-7-13-12-6-3-2-5-11(12)9-10-14(13)15/h2-10,19H,1H3/p+1. The second-order valence-electron chi connectivity index (χ2n) is 4.89. The van der Waals surface area contributed by atoms with Crippen LogP contribution in [0.5, 0.6) is 5.75 Å². The van der Waals surface area contributed by atoms with Crippen LogP contribution in [0.25, 0.3) is 21.5 Å². The third-order valence-electron chi connectivity index (χ3n) is 3.26. The van der Waals surface area contributed by atoms with Crippen molar-refractivity contribution in [3.05, 3.63) is 54.6 Å². The Hall–Kier alpha value is -2.36. The number of rotatable bonds is 3. The van der Waals surface area contributed by atoms with Crippen molar-refractivity contribution in [2.24, 2.45) is 0 Å². The number of carbonyl (C=O) groups is 1. The Bertz CT molecular complexity index is 859. The predicted molar refractivity (Wildman–Crippen MR) is 86.3 cm³/mol. The molecular formula is C16H14O5P+. The molecule has 3 rings (SSSR count). The molecule has 1 atom stereocenters. The molecular weight excluding hydrogens is 303 g/mol. The molecule has 0 amide bonds. The first kappa shape index (κ1) is 14.6. The highest BCUT2D eigenvalue weighted by Gasteiger charge is 2.40. The fourth-order valence-corrected chi connectivity index (χ4v) is 3.29. The van der Waals surface area contributed by atoms with Gasteiger partial charge in [0.15, 0.2) is 5.75 Å². The highest BCUT2D eigenvalue weighted by molar-refractivity contribution is 7.60. The van der Waals surface area contributed by atoms with E-state index < -0.39 is 14.1 Å². The van der Waals surface area contributed by atoms with Crippen LogP contribution in [0.4, 0.5) is 4.79 Å². The van der Waals surface area contributed by atoms with Crippen LogP contribution in [0.3, 0.4) is 0 Å². The SMILES string of the molecule is C[P+](O)(OC(=O)O)Oc1cccc2c1ccc1ccccc12. The zero-order valence-electron chi connectivity index (χ0n) is 11.8. The lowest BCUT2D eigenvalue weighted by Crippen LogP contribution is -2.08. The molecule has 0 bridgehead atoms. The highest BCUT2D eigenvalue weighted by Crippen LogP contribution is 2.54. The van der Waals surface area contributed by atoms with Crippen LogP contribution >= 0.6 is 7.94 Å². The maximum Gasteiger partial charge on any atom is 0.549 e. The summed E-state index contributed by atoms with van der Waals surface area (Å²) < 4.78 is 9.88. The molecule has 112 valence electrons. The van der Waals surface area contributed by atoms with Gasteiger partial charge in [-0.25, -0.2) is 0 Å². The van der Waals surface area contributed by atoms with Gasteiger partial charge in [0, 0.05) is 5.39 Å². The molecule has 0 aliphatic carbocycles. The highest BCUT2D eigenvalue weighted by atomic mass is 31.2. The molecule has 2 N–H and O–H groups in total. The molecule has 0 spiro atoms. The number of carboxylic acid groups (broad SMARTS) is 1. The molecule has 0 aliphatic heterocycles. The second-order valence-corrected chi connectivity index (χ2v) is 6.86. The molecule has 0 fully saturated rings. The van der Waals surface area contributed by atoms with Crippen molar-refractivity contribution < 1.29 is 23.8 Å². The maximum atomic E-state index is 10.6. The lowest BCUT2D eigenvalue weighted by molar-refractivity contribution is 0.135. The Balaban J connectivity index is 2.11. The summed E-state index contributed by atoms with van der Waals surface area (Å²) >= 11 is 0. The van der Waals surface area contributed by atoms with E-state index in [4.69, 9.17) is 9.63 Å². The minimum Gasteiger partial charge on any atom is -0.447 e. The van der Waals surface area contributed by atoms with Gasteiger partial charge in [0.25, 0.3) is 0 Å². The lowest BCUT2D eigenvalue weighted by atomic mass is 10.0. The summed E-state index contributed by atoms with van der Waals surface area (Å²) in [6.45, 7) is 1.24. The number of fused-ring (bicyclic) bond motifs is 3. The van der Waals surface area contributed by atoms with Crippen LogP contribution < -0.4 is 4.52 Å². The van der Waals surface area contributed by atoms with E-state index in [1.807, 2.05) is 42.5 Å². The van der Waals surface area contributed by atoms with Crippen molar-refractivity contribution in [1.29, 1.82) is 0 Å². The van der Waals surface area contributed by atoms with Gasteiger partial charge in [-0.3, -0.25) is 4.52 Å². The van der Waals surface area contributed by atoms with E-state index in [0.717, 1.165) is 21.5 Å². The van der Waals surface area contributed by atoms with E-state index in [0.29, 0.717) is 5.75 Å². The average molecular weight is 317 g/mol. The molecule has 5 nitrogen and oxygen atoms in total. The summed E-state index contributed by atoms with van der Waals surface area (Å²) in [4.78, 5) is 20.6. The molecule has 3 aromatic rings. The number of hydrogen-bond donors (Lipinski definition) is 2. The first-order chi connectivity index (χ1) is 10.5. The fourth-order valence-electron chi connectivity index (χ4n) is 2.44. The van der Waals surface area contributed by atoms with Crippen molar-refractivity contribution in [2.75, 3.05) is 6.66 Å². The molecule has 22 heavy (non-hydrogen) atoms. The monoisotopic (exact) mass is 317 g/mol. The predicted octanol–water partition coefficient (Wildman–Crippen LogP) is 4.45. The van der Waals surface area contributed by atoms with E-state index in [1.54, 1.807) is 12.1 Å². The van der Waals surface area contributed by atoms with E-state index in [1.165, 1.54) is 6.66 Å². The number of benzene rings is 3. The van der Waals surface area contributed by atoms with Gasteiger partial charge in [0.1, 0.15) is 6.66 Å². The van der Waals surface area contributed by atoms with E-state index in [9.17, 15) is 9.69 Å². The van der Waals surface area contributed by atoms with Crippen molar-refractivity contribution >= 4 is 35.6 Å². The topological polar surface area (TPSA) is 76.0 Å². The Kier molecular flexibility index (Phi) is 3.61. The molecule has 0 saturated heterocycles. The summed E-state index contributed by atoms with van der Waals surface area (Å²) in [6, 6.07) is 17.2. The minimum absolute atomic E-state index is 0.392. The normalized spacial score (nSPS) is 13.7. The zero-order chi connectivity index (χ0) is 15.7. The van der Waals surface area contributed by atoms with Gasteiger partial charge in [0.05, 0.1) is 0 Å². The Morgan fingerprint density at radius 2 is 1.68 bits per heavy atom. The summed E-state index contributed by atoms with van der Waals surface area (Å²) in [5.41, 5.74) is 0. The van der Waals surface area contributed by atoms with Crippen LogP contribution in [0.1, 0.15) is 0 Å². The van der Waals surface area contributed by atoms with Gasteiger partial charge < -0.3 is 5.11 Å². The lowest BCUT2D eigenvalue weighted by Gasteiger charge is -2.13. The third-order valence-corrected chi connectivity index (χ3v) is 4.29. The van der Waals surface area contributed by atoms with Crippen molar-refractivity contribution in [1.82, 2.24) is 0 Å². The van der Waals surface area contributed by atoms with Crippen LogP contribution in [0, 0.1) is 0 Å². The minimum atomic E-state index is -3.48. The molecule has 0 saturated carbocycles. The number of hydrogen-bond acceptors (Lipinski definition) is 4. The second kappa shape index (κ2) is 5.44. The molecule has 0 heterocycles. The quantitative estimate of drug-likeness (QED) is 0.551. The van der Waals surface area contributed by atoms with E-state index in [2.05, 4.69) is 4.52 Å². The Labute approximate surface area is 127 Å². The smallest absolute Gasteiger partial charge is 0.447 e. The first-order valence-corrected chi connectivity index (χ1v) is 8.61. The fraction of sp³-hybridized carbons (Fsp3) is 0.0625. The summed E-state index contributed by atoms with van der Waals surface area (Å²) in [5.74, 6) is 0.392.